The molecular weight excluding hydrogens is 172 g/mol. The van der Waals surface area contributed by atoms with E-state index in [4.69, 9.17) is 0 Å². The van der Waals surface area contributed by atoms with Gasteiger partial charge in [-0.15, -0.1) is 0 Å². The van der Waals surface area contributed by atoms with Gasteiger partial charge in [0, 0.05) is 19.1 Å². The highest BCUT2D eigenvalue weighted by Gasteiger charge is 2.53. The highest BCUT2D eigenvalue weighted by Crippen LogP contribution is 2.53. The van der Waals surface area contributed by atoms with E-state index < -0.39 is 0 Å². The van der Waals surface area contributed by atoms with E-state index in [1.54, 1.807) is 0 Å². The van der Waals surface area contributed by atoms with Gasteiger partial charge in [0.15, 0.2) is 0 Å². The van der Waals surface area contributed by atoms with Crippen molar-refractivity contribution < 1.29 is 0 Å². The summed E-state index contributed by atoms with van der Waals surface area (Å²) in [7, 11) is 0. The smallest absolute Gasteiger partial charge is 0.0108 e. The standard InChI is InChI=1S/C12H22N2/c1-10(11-3-2-6-13-7-11)14-8-12(9-14)4-5-12/h10-11,13H,2-9H2,1H3. The Morgan fingerprint density at radius 1 is 1.36 bits per heavy atom. The lowest BCUT2D eigenvalue weighted by Gasteiger charge is -2.47. The highest BCUT2D eigenvalue weighted by atomic mass is 15.3. The third-order valence-electron chi connectivity index (χ3n) is 4.63. The van der Waals surface area contributed by atoms with E-state index in [9.17, 15) is 0 Å². The van der Waals surface area contributed by atoms with E-state index in [-0.39, 0.29) is 0 Å². The van der Waals surface area contributed by atoms with E-state index in [2.05, 4.69) is 17.1 Å². The van der Waals surface area contributed by atoms with E-state index in [1.807, 2.05) is 0 Å². The van der Waals surface area contributed by atoms with Crippen LogP contribution in [-0.4, -0.2) is 37.1 Å². The summed E-state index contributed by atoms with van der Waals surface area (Å²) in [5.41, 5.74) is 0.830. The maximum Gasteiger partial charge on any atom is 0.0108 e. The zero-order valence-corrected chi connectivity index (χ0v) is 9.26. The van der Waals surface area contributed by atoms with Crippen molar-refractivity contribution in [3.8, 4) is 0 Å². The zero-order valence-electron chi connectivity index (χ0n) is 9.26. The van der Waals surface area contributed by atoms with Crippen molar-refractivity contribution in [2.24, 2.45) is 11.3 Å². The first-order valence-electron chi connectivity index (χ1n) is 6.24. The van der Waals surface area contributed by atoms with Crippen LogP contribution in [0.1, 0.15) is 32.6 Å². The number of nitrogens with one attached hydrogen (secondary N) is 1. The van der Waals surface area contributed by atoms with E-state index in [1.165, 1.54) is 51.9 Å². The molecule has 0 bridgehead atoms. The van der Waals surface area contributed by atoms with Crippen molar-refractivity contribution in [2.45, 2.75) is 38.6 Å². The fourth-order valence-electron chi connectivity index (χ4n) is 3.18. The molecule has 2 saturated heterocycles. The molecule has 2 atom stereocenters. The molecule has 1 saturated carbocycles. The molecule has 14 heavy (non-hydrogen) atoms. The Labute approximate surface area is 87.0 Å². The third kappa shape index (κ3) is 1.49. The van der Waals surface area contributed by atoms with Gasteiger partial charge in [-0.25, -0.2) is 0 Å². The molecule has 0 aromatic rings. The fraction of sp³-hybridized carbons (Fsp3) is 1.00. The first-order valence-corrected chi connectivity index (χ1v) is 6.24. The largest absolute Gasteiger partial charge is 0.316 e. The maximum absolute atomic E-state index is 3.53. The molecule has 2 heteroatoms. The molecule has 1 N–H and O–H groups in total. The van der Waals surface area contributed by atoms with Gasteiger partial charge in [-0.1, -0.05) is 0 Å². The van der Waals surface area contributed by atoms with Gasteiger partial charge < -0.3 is 5.32 Å². The number of hydrogen-bond acceptors (Lipinski definition) is 2. The summed E-state index contributed by atoms with van der Waals surface area (Å²) in [5.74, 6) is 0.917. The van der Waals surface area contributed by atoms with Gasteiger partial charge in [0.25, 0.3) is 0 Å². The second-order valence-electron chi connectivity index (χ2n) is 5.75. The molecule has 0 amide bonds. The van der Waals surface area contributed by atoms with Crippen LogP contribution in [0.15, 0.2) is 0 Å². The minimum absolute atomic E-state index is 0.828. The predicted octanol–water partition coefficient (Wildman–Crippen LogP) is 1.47. The second-order valence-corrected chi connectivity index (χ2v) is 5.75. The van der Waals surface area contributed by atoms with E-state index in [0.29, 0.717) is 0 Å². The third-order valence-corrected chi connectivity index (χ3v) is 4.63. The van der Waals surface area contributed by atoms with Gasteiger partial charge in [-0.3, -0.25) is 4.90 Å². The summed E-state index contributed by atoms with van der Waals surface area (Å²) >= 11 is 0. The van der Waals surface area contributed by atoms with Crippen LogP contribution >= 0.6 is 0 Å². The highest BCUT2D eigenvalue weighted by molar-refractivity contribution is 5.07. The summed E-state index contributed by atoms with van der Waals surface area (Å²) < 4.78 is 0. The minimum Gasteiger partial charge on any atom is -0.316 e. The molecule has 3 aliphatic rings. The van der Waals surface area contributed by atoms with Crippen LogP contribution < -0.4 is 5.32 Å². The molecule has 1 aliphatic carbocycles. The second kappa shape index (κ2) is 3.21. The van der Waals surface area contributed by atoms with Crippen LogP contribution in [-0.2, 0) is 0 Å². The first-order chi connectivity index (χ1) is 6.79. The number of piperidine rings is 1. The van der Waals surface area contributed by atoms with Crippen LogP contribution in [0.3, 0.4) is 0 Å². The Morgan fingerprint density at radius 2 is 2.14 bits per heavy atom. The topological polar surface area (TPSA) is 15.3 Å². The lowest BCUT2D eigenvalue weighted by atomic mass is 9.86. The lowest BCUT2D eigenvalue weighted by Crippen LogP contribution is -2.56. The number of hydrogen-bond donors (Lipinski definition) is 1. The van der Waals surface area contributed by atoms with Crippen LogP contribution in [0, 0.1) is 11.3 Å². The van der Waals surface area contributed by atoms with Crippen molar-refractivity contribution in [3.05, 3.63) is 0 Å². The molecule has 2 aliphatic heterocycles. The van der Waals surface area contributed by atoms with Crippen molar-refractivity contribution in [3.63, 3.8) is 0 Å². The average Bonchev–Trinajstić information content (AvgIpc) is 2.96. The Bertz CT molecular complexity index is 208. The van der Waals surface area contributed by atoms with Gasteiger partial charge in [0.05, 0.1) is 0 Å². The van der Waals surface area contributed by atoms with Crippen molar-refractivity contribution in [2.75, 3.05) is 26.2 Å². The summed E-state index contributed by atoms with van der Waals surface area (Å²) in [6.45, 7) is 7.75. The van der Waals surface area contributed by atoms with Crippen LogP contribution in [0.25, 0.3) is 0 Å². The molecule has 0 aromatic carbocycles. The van der Waals surface area contributed by atoms with Crippen LogP contribution in [0.5, 0.6) is 0 Å². The van der Waals surface area contributed by atoms with Gasteiger partial charge in [-0.05, 0) is 57.0 Å². The molecule has 0 radical (unpaired) electrons. The Morgan fingerprint density at radius 3 is 2.71 bits per heavy atom. The molecule has 2 unspecified atom stereocenters. The monoisotopic (exact) mass is 194 g/mol. The Balaban J connectivity index is 1.51. The molecule has 2 nitrogen and oxygen atoms in total. The summed E-state index contributed by atoms with van der Waals surface area (Å²) in [5, 5.41) is 3.53. The molecule has 3 rings (SSSR count). The fourth-order valence-corrected chi connectivity index (χ4v) is 3.18. The van der Waals surface area contributed by atoms with Gasteiger partial charge in [0.1, 0.15) is 0 Å². The van der Waals surface area contributed by atoms with E-state index in [0.717, 1.165) is 17.4 Å². The van der Waals surface area contributed by atoms with Crippen molar-refractivity contribution in [1.82, 2.24) is 10.2 Å². The summed E-state index contributed by atoms with van der Waals surface area (Å²) in [4.78, 5) is 2.71. The van der Waals surface area contributed by atoms with E-state index >= 15 is 0 Å². The molecule has 0 aromatic heterocycles. The summed E-state index contributed by atoms with van der Waals surface area (Å²) in [6, 6.07) is 0.828. The van der Waals surface area contributed by atoms with Gasteiger partial charge >= 0.3 is 0 Å². The predicted molar refractivity (Wildman–Crippen MR) is 58.3 cm³/mol. The number of likely N-dealkylation sites (tertiary alicyclic amines) is 1. The molecular formula is C12H22N2. The summed E-state index contributed by atoms with van der Waals surface area (Å²) in [6.07, 6.45) is 5.85. The zero-order chi connectivity index (χ0) is 9.60. The minimum atomic E-state index is 0.828. The average molecular weight is 194 g/mol. The van der Waals surface area contributed by atoms with Gasteiger partial charge in [0.2, 0.25) is 0 Å². The van der Waals surface area contributed by atoms with Crippen LogP contribution in [0.2, 0.25) is 0 Å². The first kappa shape index (κ1) is 9.17. The molecule has 3 fully saturated rings. The molecule has 1 spiro atoms. The number of nitrogens with zero attached hydrogens (tertiary/aromatic N) is 1. The van der Waals surface area contributed by atoms with Crippen LogP contribution in [0.4, 0.5) is 0 Å². The Hall–Kier alpha value is -0.0800. The maximum atomic E-state index is 3.53. The van der Waals surface area contributed by atoms with Crippen molar-refractivity contribution in [1.29, 1.82) is 0 Å². The van der Waals surface area contributed by atoms with Gasteiger partial charge in [-0.2, -0.15) is 0 Å². The Kier molecular flexibility index (Phi) is 2.10. The number of rotatable bonds is 2. The molecule has 2 heterocycles. The molecule has 80 valence electrons. The quantitative estimate of drug-likeness (QED) is 0.716. The lowest BCUT2D eigenvalue weighted by molar-refractivity contribution is 0.0133. The normalized spacial score (nSPS) is 37.9. The SMILES string of the molecule is CC(C1CCCNC1)N1CC2(CC2)C1. The van der Waals surface area contributed by atoms with Crippen molar-refractivity contribution >= 4 is 0 Å².